The number of nitrogens with one attached hydrogen (secondary N) is 1. The monoisotopic (exact) mass is 321 g/mol. The summed E-state index contributed by atoms with van der Waals surface area (Å²) in [5.74, 6) is -0.177. The molecule has 1 heterocycles. The van der Waals surface area contributed by atoms with E-state index in [1.54, 1.807) is 10.9 Å². The van der Waals surface area contributed by atoms with E-state index >= 15 is 0 Å². The number of hydrogen-bond acceptors (Lipinski definition) is 6. The number of anilines is 1. The maximum Gasteiger partial charge on any atom is 0.269 e. The number of aryl methyl sites for hydroxylation is 1. The Hall–Kier alpha value is -2.42. The molecule has 1 amide bonds. The van der Waals surface area contributed by atoms with Crippen LogP contribution in [-0.2, 0) is 11.8 Å². The van der Waals surface area contributed by atoms with Gasteiger partial charge in [0.15, 0.2) is 5.16 Å². The van der Waals surface area contributed by atoms with Gasteiger partial charge in [0.05, 0.1) is 10.2 Å². The Kier molecular flexibility index (Phi) is 5.10. The van der Waals surface area contributed by atoms with Crippen LogP contribution in [0.4, 0.5) is 11.4 Å². The fraction of sp³-hybridized carbons (Fsp3) is 0.308. The number of benzene rings is 1. The lowest BCUT2D eigenvalue weighted by Crippen LogP contribution is -2.24. The van der Waals surface area contributed by atoms with Crippen LogP contribution < -0.4 is 5.32 Å². The van der Waals surface area contributed by atoms with Crippen molar-refractivity contribution in [2.75, 3.05) is 5.32 Å². The van der Waals surface area contributed by atoms with Crippen molar-refractivity contribution in [1.29, 1.82) is 0 Å². The first-order chi connectivity index (χ1) is 10.5. The molecule has 2 rings (SSSR count). The summed E-state index contributed by atoms with van der Waals surface area (Å²) in [7, 11) is 1.81. The van der Waals surface area contributed by atoms with Crippen LogP contribution in [0.1, 0.15) is 13.3 Å². The van der Waals surface area contributed by atoms with E-state index in [9.17, 15) is 14.9 Å². The van der Waals surface area contributed by atoms with Gasteiger partial charge in [-0.1, -0.05) is 18.7 Å². The molecule has 9 heteroatoms. The number of nitro benzene ring substituents is 1. The van der Waals surface area contributed by atoms with Gasteiger partial charge in [-0.3, -0.25) is 14.9 Å². The third kappa shape index (κ3) is 3.82. The molecule has 1 aromatic heterocycles. The van der Waals surface area contributed by atoms with Crippen molar-refractivity contribution >= 4 is 29.0 Å². The minimum Gasteiger partial charge on any atom is -0.325 e. The summed E-state index contributed by atoms with van der Waals surface area (Å²) in [6.07, 6.45) is 2.19. The molecule has 2 aromatic rings. The largest absolute Gasteiger partial charge is 0.325 e. The standard InChI is InChI=1S/C13H15N5O3S/c1-3-11(22-13-16-14-8-17(13)2)12(19)15-9-4-6-10(7-5-9)18(20)21/h4-8,11H,3H2,1-2H3,(H,15,19)/t11-/m0/s1. The van der Waals surface area contributed by atoms with Crippen molar-refractivity contribution in [3.05, 3.63) is 40.7 Å². The summed E-state index contributed by atoms with van der Waals surface area (Å²) in [6, 6.07) is 5.73. The first-order valence-electron chi connectivity index (χ1n) is 6.57. The van der Waals surface area contributed by atoms with Crippen LogP contribution >= 0.6 is 11.8 Å². The van der Waals surface area contributed by atoms with Gasteiger partial charge < -0.3 is 9.88 Å². The Bertz CT molecular complexity index is 671. The van der Waals surface area contributed by atoms with Crippen molar-refractivity contribution in [2.45, 2.75) is 23.8 Å². The Morgan fingerprint density at radius 1 is 1.45 bits per heavy atom. The Labute approximate surface area is 131 Å². The normalized spacial score (nSPS) is 11.9. The molecule has 116 valence electrons. The fourth-order valence-corrected chi connectivity index (χ4v) is 2.61. The van der Waals surface area contributed by atoms with Crippen LogP contribution in [0.3, 0.4) is 0 Å². The number of amides is 1. The lowest BCUT2D eigenvalue weighted by atomic mass is 10.2. The van der Waals surface area contributed by atoms with Crippen molar-refractivity contribution < 1.29 is 9.72 Å². The number of nitrogens with zero attached hydrogens (tertiary/aromatic N) is 4. The van der Waals surface area contributed by atoms with Gasteiger partial charge in [-0.25, -0.2) is 0 Å². The Morgan fingerprint density at radius 2 is 2.14 bits per heavy atom. The summed E-state index contributed by atoms with van der Waals surface area (Å²) in [5, 5.41) is 21.4. The van der Waals surface area contributed by atoms with Crippen molar-refractivity contribution in [3.8, 4) is 0 Å². The highest BCUT2D eigenvalue weighted by atomic mass is 32.2. The number of carbonyl (C=O) groups excluding carboxylic acids is 1. The number of nitro groups is 1. The molecule has 1 aromatic carbocycles. The van der Waals surface area contributed by atoms with Gasteiger partial charge in [0.25, 0.3) is 5.69 Å². The summed E-state index contributed by atoms with van der Waals surface area (Å²) >= 11 is 1.33. The highest BCUT2D eigenvalue weighted by molar-refractivity contribution is 8.00. The molecule has 1 atom stereocenters. The van der Waals surface area contributed by atoms with Crippen LogP contribution in [0.2, 0.25) is 0 Å². The molecule has 8 nitrogen and oxygen atoms in total. The maximum absolute atomic E-state index is 12.3. The third-order valence-corrected chi connectivity index (χ3v) is 4.34. The second kappa shape index (κ2) is 7.03. The molecule has 0 fully saturated rings. The van der Waals surface area contributed by atoms with Gasteiger partial charge in [-0.2, -0.15) is 0 Å². The number of thioether (sulfide) groups is 1. The van der Waals surface area contributed by atoms with E-state index in [2.05, 4.69) is 15.5 Å². The quantitative estimate of drug-likeness (QED) is 0.497. The molecule has 0 saturated carbocycles. The smallest absolute Gasteiger partial charge is 0.269 e. The molecule has 0 saturated heterocycles. The number of carbonyl (C=O) groups is 1. The van der Waals surface area contributed by atoms with Crippen LogP contribution in [0.25, 0.3) is 0 Å². The molecule has 0 aliphatic rings. The highest BCUT2D eigenvalue weighted by Gasteiger charge is 2.20. The summed E-state index contributed by atoms with van der Waals surface area (Å²) in [4.78, 5) is 22.4. The summed E-state index contributed by atoms with van der Waals surface area (Å²) in [6.45, 7) is 1.91. The highest BCUT2D eigenvalue weighted by Crippen LogP contribution is 2.24. The van der Waals surface area contributed by atoms with Gasteiger partial charge in [-0.15, -0.1) is 10.2 Å². The van der Waals surface area contributed by atoms with Gasteiger partial charge >= 0.3 is 0 Å². The first-order valence-corrected chi connectivity index (χ1v) is 7.45. The SMILES string of the molecule is CC[C@H](Sc1nncn1C)C(=O)Nc1ccc([N+](=O)[O-])cc1. The van der Waals surface area contributed by atoms with E-state index in [1.165, 1.54) is 36.0 Å². The third-order valence-electron chi connectivity index (χ3n) is 2.93. The predicted octanol–water partition coefficient (Wildman–Crippen LogP) is 2.23. The lowest BCUT2D eigenvalue weighted by molar-refractivity contribution is -0.384. The van der Waals surface area contributed by atoms with Gasteiger partial charge in [0.2, 0.25) is 5.91 Å². The average molecular weight is 321 g/mol. The minimum absolute atomic E-state index is 0.0153. The molecular weight excluding hydrogens is 306 g/mol. The Morgan fingerprint density at radius 3 is 2.64 bits per heavy atom. The molecular formula is C13H15N5O3S. The zero-order chi connectivity index (χ0) is 16.1. The molecule has 1 N–H and O–H groups in total. The van der Waals surface area contributed by atoms with E-state index in [1.807, 2.05) is 14.0 Å². The van der Waals surface area contributed by atoms with E-state index in [4.69, 9.17) is 0 Å². The van der Waals surface area contributed by atoms with E-state index < -0.39 is 4.92 Å². The average Bonchev–Trinajstić information content (AvgIpc) is 2.90. The number of aromatic nitrogens is 3. The van der Waals surface area contributed by atoms with Crippen LogP contribution in [-0.4, -0.2) is 30.8 Å². The molecule has 0 spiro atoms. The van der Waals surface area contributed by atoms with Crippen molar-refractivity contribution in [3.63, 3.8) is 0 Å². The van der Waals surface area contributed by atoms with Crippen molar-refractivity contribution in [1.82, 2.24) is 14.8 Å². The predicted molar refractivity (Wildman–Crippen MR) is 82.7 cm³/mol. The van der Waals surface area contributed by atoms with Crippen LogP contribution in [0.5, 0.6) is 0 Å². The molecule has 22 heavy (non-hydrogen) atoms. The zero-order valence-corrected chi connectivity index (χ0v) is 12.9. The molecule has 0 unspecified atom stereocenters. The van der Waals surface area contributed by atoms with E-state index in [0.29, 0.717) is 17.3 Å². The second-order valence-electron chi connectivity index (χ2n) is 4.53. The van der Waals surface area contributed by atoms with Gasteiger partial charge in [0.1, 0.15) is 6.33 Å². The second-order valence-corrected chi connectivity index (χ2v) is 5.70. The molecule has 0 aliphatic heterocycles. The lowest BCUT2D eigenvalue weighted by Gasteiger charge is -2.13. The molecule has 0 radical (unpaired) electrons. The zero-order valence-electron chi connectivity index (χ0n) is 12.1. The Balaban J connectivity index is 2.02. The van der Waals surface area contributed by atoms with Crippen LogP contribution in [0.15, 0.2) is 35.7 Å². The molecule has 0 bridgehead atoms. The first kappa shape index (κ1) is 16.0. The van der Waals surface area contributed by atoms with E-state index in [-0.39, 0.29) is 16.8 Å². The van der Waals surface area contributed by atoms with Gasteiger partial charge in [-0.05, 0) is 18.6 Å². The number of non-ortho nitro benzene ring substituents is 1. The van der Waals surface area contributed by atoms with Crippen LogP contribution in [0, 0.1) is 10.1 Å². The van der Waals surface area contributed by atoms with Crippen molar-refractivity contribution in [2.24, 2.45) is 7.05 Å². The number of hydrogen-bond donors (Lipinski definition) is 1. The summed E-state index contributed by atoms with van der Waals surface area (Å²) in [5.41, 5.74) is 0.506. The maximum atomic E-state index is 12.3. The summed E-state index contributed by atoms with van der Waals surface area (Å²) < 4.78 is 1.74. The molecule has 0 aliphatic carbocycles. The number of rotatable bonds is 6. The minimum atomic E-state index is -0.482. The van der Waals surface area contributed by atoms with E-state index in [0.717, 1.165) is 0 Å². The fourth-order valence-electron chi connectivity index (χ4n) is 1.72. The van der Waals surface area contributed by atoms with Gasteiger partial charge in [0, 0.05) is 24.9 Å². The topological polar surface area (TPSA) is 103 Å².